The van der Waals surface area contributed by atoms with E-state index in [1.807, 2.05) is 6.92 Å². The van der Waals surface area contributed by atoms with Crippen LogP contribution in [0.15, 0.2) is 42.5 Å². The molecule has 33 heavy (non-hydrogen) atoms. The number of hydrogen-bond acceptors (Lipinski definition) is 5. The first-order valence-electron chi connectivity index (χ1n) is 10.9. The number of carbonyl (C=O) groups is 2. The third-order valence-corrected chi connectivity index (χ3v) is 5.94. The molecule has 1 aliphatic heterocycles. The maximum atomic E-state index is 13.2. The maximum Gasteiger partial charge on any atom is 0.323 e. The van der Waals surface area contributed by atoms with Gasteiger partial charge in [0.15, 0.2) is 0 Å². The fourth-order valence-corrected chi connectivity index (χ4v) is 3.76. The Hall–Kier alpha value is -2.81. The molecule has 0 unspecified atom stereocenters. The molecular formula is C24H31ClN4O4. The normalized spacial score (nSPS) is 21.8. The van der Waals surface area contributed by atoms with E-state index in [0.717, 1.165) is 6.54 Å². The number of likely N-dealkylation sites (N-methyl/N-ethyl adjacent to an activating group) is 1. The van der Waals surface area contributed by atoms with Gasteiger partial charge in [-0.1, -0.05) is 30.7 Å². The summed E-state index contributed by atoms with van der Waals surface area (Å²) in [5, 5.41) is 9.36. The number of amides is 3. The van der Waals surface area contributed by atoms with Gasteiger partial charge in [0.05, 0.1) is 22.4 Å². The number of methoxy groups -OCH3 is 1. The van der Waals surface area contributed by atoms with Gasteiger partial charge in [-0.15, -0.1) is 0 Å². The topological polar surface area (TPSA) is 91.9 Å². The molecule has 0 aliphatic carbocycles. The van der Waals surface area contributed by atoms with Crippen LogP contribution >= 0.6 is 11.6 Å². The Morgan fingerprint density at radius 1 is 1.21 bits per heavy atom. The van der Waals surface area contributed by atoms with Crippen LogP contribution in [0.3, 0.4) is 0 Å². The second-order valence-corrected chi connectivity index (χ2v) is 8.73. The van der Waals surface area contributed by atoms with Crippen LogP contribution in [0.5, 0.6) is 5.75 Å². The van der Waals surface area contributed by atoms with Crippen LogP contribution in [0.2, 0.25) is 5.02 Å². The number of rotatable bonds is 3. The number of benzene rings is 2. The third kappa shape index (κ3) is 6.60. The highest BCUT2D eigenvalue weighted by Gasteiger charge is 2.25. The summed E-state index contributed by atoms with van der Waals surface area (Å²) in [6, 6.07) is 11.6. The smallest absolute Gasteiger partial charge is 0.323 e. The van der Waals surface area contributed by atoms with E-state index in [2.05, 4.69) is 22.9 Å². The van der Waals surface area contributed by atoms with Gasteiger partial charge in [-0.2, -0.15) is 0 Å². The lowest BCUT2D eigenvalue weighted by molar-refractivity contribution is 0.0281. The number of halogens is 1. The number of fused-ring (bicyclic) bond motifs is 1. The number of nitrogens with one attached hydrogen (secondary N) is 3. The van der Waals surface area contributed by atoms with Crippen LogP contribution < -0.4 is 20.7 Å². The molecule has 0 saturated carbocycles. The molecule has 1 aliphatic rings. The quantitative estimate of drug-likeness (QED) is 0.623. The van der Waals surface area contributed by atoms with E-state index in [1.165, 1.54) is 0 Å². The minimum Gasteiger partial charge on any atom is -0.491 e. The highest BCUT2D eigenvalue weighted by molar-refractivity contribution is 6.33. The van der Waals surface area contributed by atoms with E-state index in [0.29, 0.717) is 40.9 Å². The molecule has 3 rings (SSSR count). The summed E-state index contributed by atoms with van der Waals surface area (Å²) in [7, 11) is 3.41. The largest absolute Gasteiger partial charge is 0.491 e. The van der Waals surface area contributed by atoms with Crippen LogP contribution in [-0.4, -0.2) is 62.8 Å². The van der Waals surface area contributed by atoms with Crippen molar-refractivity contribution in [2.45, 2.75) is 26.0 Å². The molecule has 0 aromatic heterocycles. The fourth-order valence-electron chi connectivity index (χ4n) is 3.58. The highest BCUT2D eigenvalue weighted by atomic mass is 35.5. The number of anilines is 2. The first-order valence-corrected chi connectivity index (χ1v) is 11.3. The first kappa shape index (κ1) is 24.8. The van der Waals surface area contributed by atoms with Crippen LogP contribution in [0.1, 0.15) is 24.2 Å². The Bertz CT molecular complexity index is 987. The maximum absolute atomic E-state index is 13.2. The molecular weight excluding hydrogens is 444 g/mol. The number of nitrogens with zero attached hydrogens (tertiary/aromatic N) is 1. The molecule has 2 aromatic carbocycles. The van der Waals surface area contributed by atoms with Crippen molar-refractivity contribution < 1.29 is 19.1 Å². The monoisotopic (exact) mass is 474 g/mol. The summed E-state index contributed by atoms with van der Waals surface area (Å²) in [4.78, 5) is 27.3. The molecule has 3 amide bonds. The van der Waals surface area contributed by atoms with Crippen molar-refractivity contribution in [2.24, 2.45) is 5.92 Å². The molecule has 1 heterocycles. The van der Waals surface area contributed by atoms with Crippen LogP contribution in [-0.2, 0) is 4.74 Å². The zero-order valence-corrected chi connectivity index (χ0v) is 20.1. The van der Waals surface area contributed by atoms with Gasteiger partial charge in [0.25, 0.3) is 5.91 Å². The molecule has 178 valence electrons. The highest BCUT2D eigenvalue weighted by Crippen LogP contribution is 2.27. The predicted molar refractivity (Wildman–Crippen MR) is 130 cm³/mol. The molecule has 0 bridgehead atoms. The van der Waals surface area contributed by atoms with Gasteiger partial charge >= 0.3 is 6.03 Å². The molecule has 2 aromatic rings. The van der Waals surface area contributed by atoms with Crippen molar-refractivity contribution in [1.82, 2.24) is 10.2 Å². The third-order valence-electron chi connectivity index (χ3n) is 5.61. The lowest BCUT2D eigenvalue weighted by Crippen LogP contribution is -2.44. The van der Waals surface area contributed by atoms with Gasteiger partial charge in [0.1, 0.15) is 12.4 Å². The van der Waals surface area contributed by atoms with E-state index in [9.17, 15) is 9.59 Å². The Morgan fingerprint density at radius 2 is 1.97 bits per heavy atom. The van der Waals surface area contributed by atoms with E-state index < -0.39 is 6.03 Å². The lowest BCUT2D eigenvalue weighted by atomic mass is 10.0. The summed E-state index contributed by atoms with van der Waals surface area (Å²) in [5.74, 6) is 0.445. The second kappa shape index (κ2) is 11.4. The molecule has 0 spiro atoms. The van der Waals surface area contributed by atoms with Crippen molar-refractivity contribution in [3.63, 3.8) is 0 Å². The number of para-hydroxylation sites is 1. The molecule has 8 nitrogen and oxygen atoms in total. The number of carbonyl (C=O) groups excluding carboxylic acids is 2. The molecule has 0 saturated heterocycles. The number of ether oxygens (including phenoxy) is 2. The first-order chi connectivity index (χ1) is 15.8. The Kier molecular flexibility index (Phi) is 8.55. The molecule has 0 radical (unpaired) electrons. The molecule has 0 fully saturated rings. The zero-order valence-electron chi connectivity index (χ0n) is 19.4. The van der Waals surface area contributed by atoms with Gasteiger partial charge in [-0.05, 0) is 37.1 Å². The van der Waals surface area contributed by atoms with E-state index >= 15 is 0 Å². The van der Waals surface area contributed by atoms with Crippen molar-refractivity contribution >= 4 is 34.9 Å². The zero-order chi connectivity index (χ0) is 24.0. The van der Waals surface area contributed by atoms with Crippen LogP contribution in [0, 0.1) is 5.92 Å². The summed E-state index contributed by atoms with van der Waals surface area (Å²) >= 11 is 6.11. The van der Waals surface area contributed by atoms with Crippen LogP contribution in [0.4, 0.5) is 16.2 Å². The standard InChI is InChI=1S/C24H31ClN4O4/c1-15-12-26-16(2)14-33-21-11-17(27-24(31)28-20-8-6-5-7-19(20)25)9-10-18(21)23(30)29(3)13-22(15)32-4/h5-11,15-16,22,26H,12-14H2,1-4H3,(H2,27,28,31)/t15-,16+,22-/m0/s1. The van der Waals surface area contributed by atoms with Gasteiger partial charge < -0.3 is 30.3 Å². The van der Waals surface area contributed by atoms with Crippen LogP contribution in [0.25, 0.3) is 0 Å². The summed E-state index contributed by atoms with van der Waals surface area (Å²) in [6.45, 7) is 5.67. The Balaban J connectivity index is 1.81. The number of hydrogen-bond donors (Lipinski definition) is 3. The summed E-state index contributed by atoms with van der Waals surface area (Å²) in [6.07, 6.45) is -0.100. The minimum absolute atomic E-state index is 0.0604. The van der Waals surface area contributed by atoms with E-state index in [1.54, 1.807) is 61.5 Å². The van der Waals surface area contributed by atoms with Gasteiger partial charge in [0, 0.05) is 45.0 Å². The van der Waals surface area contributed by atoms with Gasteiger partial charge in [-0.25, -0.2) is 4.79 Å². The SMILES string of the molecule is CO[C@H]1CN(C)C(=O)c2ccc(NC(=O)Nc3ccccc3Cl)cc2OC[C@@H](C)NC[C@@H]1C. The fraction of sp³-hybridized carbons (Fsp3) is 0.417. The van der Waals surface area contributed by atoms with Crippen molar-refractivity contribution in [1.29, 1.82) is 0 Å². The van der Waals surface area contributed by atoms with Gasteiger partial charge in [-0.3, -0.25) is 4.79 Å². The number of urea groups is 1. The summed E-state index contributed by atoms with van der Waals surface area (Å²) < 4.78 is 11.6. The van der Waals surface area contributed by atoms with Crippen molar-refractivity contribution in [3.05, 3.63) is 53.1 Å². The average Bonchev–Trinajstić information content (AvgIpc) is 2.80. The second-order valence-electron chi connectivity index (χ2n) is 8.33. The Labute approximate surface area is 199 Å². The summed E-state index contributed by atoms with van der Waals surface area (Å²) in [5.41, 5.74) is 1.41. The Morgan fingerprint density at radius 3 is 2.70 bits per heavy atom. The molecule has 3 atom stereocenters. The van der Waals surface area contributed by atoms with Crippen molar-refractivity contribution in [2.75, 3.05) is 44.5 Å². The lowest BCUT2D eigenvalue weighted by Gasteiger charge is -2.30. The molecule has 9 heteroatoms. The van der Waals surface area contributed by atoms with Gasteiger partial charge in [0.2, 0.25) is 0 Å². The van der Waals surface area contributed by atoms with E-state index in [4.69, 9.17) is 21.1 Å². The average molecular weight is 475 g/mol. The van der Waals surface area contributed by atoms with Crippen molar-refractivity contribution in [3.8, 4) is 5.75 Å². The van der Waals surface area contributed by atoms with E-state index in [-0.39, 0.29) is 24.0 Å². The minimum atomic E-state index is -0.452. The molecule has 3 N–H and O–H groups in total. The predicted octanol–water partition coefficient (Wildman–Crippen LogP) is 4.08.